The van der Waals surface area contributed by atoms with Gasteiger partial charge in [0.05, 0.1) is 0 Å². The highest BCUT2D eigenvalue weighted by atomic mass is 16.5. The summed E-state index contributed by atoms with van der Waals surface area (Å²) in [4.78, 5) is 11.7. The quantitative estimate of drug-likeness (QED) is 0.749. The Balaban J connectivity index is 2.52. The Hall–Kier alpha value is -2.32. The van der Waals surface area contributed by atoms with Crippen molar-refractivity contribution in [2.75, 3.05) is 13.2 Å². The van der Waals surface area contributed by atoms with Crippen LogP contribution in [-0.4, -0.2) is 30.3 Å². The second-order valence-corrected chi connectivity index (χ2v) is 4.81. The van der Waals surface area contributed by atoms with Crippen molar-refractivity contribution in [2.45, 2.75) is 19.9 Å². The summed E-state index contributed by atoms with van der Waals surface area (Å²) in [6.07, 6.45) is 3.14. The van der Waals surface area contributed by atoms with Gasteiger partial charge in [0.2, 0.25) is 5.91 Å². The molecule has 0 heterocycles. The van der Waals surface area contributed by atoms with Crippen LogP contribution in [-0.2, 0) is 4.79 Å². The van der Waals surface area contributed by atoms with Gasteiger partial charge in [0.25, 0.3) is 0 Å². The normalized spacial score (nSPS) is 13.4. The second kappa shape index (κ2) is 8.77. The number of hydrogen-bond acceptors (Lipinski definition) is 4. The minimum Gasteiger partial charge on any atom is -0.479 e. The van der Waals surface area contributed by atoms with Crippen LogP contribution in [0.5, 0.6) is 5.75 Å². The highest BCUT2D eigenvalue weighted by molar-refractivity contribution is 5.91. The molecule has 112 valence electrons. The predicted molar refractivity (Wildman–Crippen MR) is 80.4 cm³/mol. The van der Waals surface area contributed by atoms with Gasteiger partial charge in [-0.1, -0.05) is 19.1 Å². The SMILES string of the molecule is CC(CO)C(C)NC(=O)/C=C/c1ccc(OCC#N)cc1. The van der Waals surface area contributed by atoms with Crippen molar-refractivity contribution in [1.29, 1.82) is 5.26 Å². The maximum absolute atomic E-state index is 11.7. The number of amides is 1. The molecule has 0 aliphatic carbocycles. The molecule has 0 aromatic heterocycles. The number of carbonyl (C=O) groups excluding carboxylic acids is 1. The zero-order valence-corrected chi connectivity index (χ0v) is 12.2. The van der Waals surface area contributed by atoms with E-state index in [1.54, 1.807) is 30.3 Å². The first-order valence-electron chi connectivity index (χ1n) is 6.76. The second-order valence-electron chi connectivity index (χ2n) is 4.81. The van der Waals surface area contributed by atoms with Gasteiger partial charge in [-0.15, -0.1) is 0 Å². The van der Waals surface area contributed by atoms with E-state index >= 15 is 0 Å². The summed E-state index contributed by atoms with van der Waals surface area (Å²) in [7, 11) is 0. The number of rotatable bonds is 7. The highest BCUT2D eigenvalue weighted by Crippen LogP contribution is 2.13. The molecule has 1 aromatic rings. The van der Waals surface area contributed by atoms with Crippen LogP contribution >= 0.6 is 0 Å². The zero-order chi connectivity index (χ0) is 15.7. The van der Waals surface area contributed by atoms with Gasteiger partial charge in [0, 0.05) is 18.7 Å². The van der Waals surface area contributed by atoms with E-state index < -0.39 is 0 Å². The Morgan fingerprint density at radius 2 is 2.10 bits per heavy atom. The molecule has 0 aliphatic rings. The molecule has 0 bridgehead atoms. The van der Waals surface area contributed by atoms with Gasteiger partial charge in [-0.3, -0.25) is 4.79 Å². The van der Waals surface area contributed by atoms with Gasteiger partial charge < -0.3 is 15.2 Å². The minimum absolute atomic E-state index is 0.0124. The van der Waals surface area contributed by atoms with Crippen molar-refractivity contribution in [3.05, 3.63) is 35.9 Å². The molecule has 0 spiro atoms. The largest absolute Gasteiger partial charge is 0.479 e. The predicted octanol–water partition coefficient (Wildman–Crippen LogP) is 1.74. The number of aliphatic hydroxyl groups is 1. The average Bonchev–Trinajstić information content (AvgIpc) is 2.51. The first-order chi connectivity index (χ1) is 10.1. The fourth-order valence-electron chi connectivity index (χ4n) is 1.54. The van der Waals surface area contributed by atoms with Crippen LogP contribution in [0.15, 0.2) is 30.3 Å². The van der Waals surface area contributed by atoms with Gasteiger partial charge >= 0.3 is 0 Å². The van der Waals surface area contributed by atoms with E-state index in [9.17, 15) is 4.79 Å². The van der Waals surface area contributed by atoms with Crippen LogP contribution in [0.3, 0.4) is 0 Å². The third-order valence-electron chi connectivity index (χ3n) is 3.12. The zero-order valence-electron chi connectivity index (χ0n) is 12.2. The fraction of sp³-hybridized carbons (Fsp3) is 0.375. The van der Waals surface area contributed by atoms with E-state index in [0.29, 0.717) is 5.75 Å². The lowest BCUT2D eigenvalue weighted by atomic mass is 10.1. The van der Waals surface area contributed by atoms with Gasteiger partial charge in [0.1, 0.15) is 11.8 Å². The number of nitriles is 1. The van der Waals surface area contributed by atoms with E-state index in [4.69, 9.17) is 15.1 Å². The standard InChI is InChI=1S/C16H20N2O3/c1-12(11-19)13(2)18-16(20)8-5-14-3-6-15(7-4-14)21-10-9-17/h3-8,12-13,19H,10-11H2,1-2H3,(H,18,20)/b8-5+. The number of aliphatic hydroxyl groups excluding tert-OH is 1. The fourth-order valence-corrected chi connectivity index (χ4v) is 1.54. The summed E-state index contributed by atoms with van der Waals surface area (Å²) < 4.78 is 5.14. The van der Waals surface area contributed by atoms with Crippen molar-refractivity contribution < 1.29 is 14.6 Å². The van der Waals surface area contributed by atoms with Crippen LogP contribution in [0.1, 0.15) is 19.4 Å². The van der Waals surface area contributed by atoms with Crippen LogP contribution in [0.4, 0.5) is 0 Å². The number of hydrogen-bond donors (Lipinski definition) is 2. The molecule has 21 heavy (non-hydrogen) atoms. The molecule has 2 unspecified atom stereocenters. The lowest BCUT2D eigenvalue weighted by molar-refractivity contribution is -0.117. The van der Waals surface area contributed by atoms with E-state index in [-0.39, 0.29) is 31.1 Å². The topological polar surface area (TPSA) is 82.3 Å². The van der Waals surface area contributed by atoms with Crippen LogP contribution in [0.25, 0.3) is 6.08 Å². The summed E-state index contributed by atoms with van der Waals surface area (Å²) in [5, 5.41) is 20.2. The minimum atomic E-state index is -0.201. The lowest BCUT2D eigenvalue weighted by Gasteiger charge is -2.18. The number of benzene rings is 1. The molecular formula is C16H20N2O3. The summed E-state index contributed by atoms with van der Waals surface area (Å²) in [5.74, 6) is 0.426. The molecule has 2 N–H and O–H groups in total. The van der Waals surface area contributed by atoms with E-state index in [0.717, 1.165) is 5.56 Å². The molecular weight excluding hydrogens is 268 g/mol. The van der Waals surface area contributed by atoms with E-state index in [1.807, 2.05) is 19.9 Å². The lowest BCUT2D eigenvalue weighted by Crippen LogP contribution is -2.37. The van der Waals surface area contributed by atoms with Gasteiger partial charge in [-0.25, -0.2) is 0 Å². The molecule has 0 saturated carbocycles. The van der Waals surface area contributed by atoms with Crippen molar-refractivity contribution in [2.24, 2.45) is 5.92 Å². The summed E-state index contributed by atoms with van der Waals surface area (Å²) in [6.45, 7) is 3.77. The smallest absolute Gasteiger partial charge is 0.244 e. The summed E-state index contributed by atoms with van der Waals surface area (Å²) in [6, 6.07) is 8.89. The average molecular weight is 288 g/mol. The Labute approximate surface area is 124 Å². The number of ether oxygens (including phenoxy) is 1. The summed E-state index contributed by atoms with van der Waals surface area (Å²) in [5.41, 5.74) is 0.859. The number of carbonyl (C=O) groups is 1. The van der Waals surface area contributed by atoms with Gasteiger partial charge in [-0.2, -0.15) is 5.26 Å². The van der Waals surface area contributed by atoms with E-state index in [1.165, 1.54) is 6.08 Å². The number of nitrogens with one attached hydrogen (secondary N) is 1. The maximum atomic E-state index is 11.7. The van der Waals surface area contributed by atoms with Crippen molar-refractivity contribution in [1.82, 2.24) is 5.32 Å². The molecule has 1 amide bonds. The Morgan fingerprint density at radius 1 is 1.43 bits per heavy atom. The maximum Gasteiger partial charge on any atom is 0.244 e. The number of nitrogens with zero attached hydrogens (tertiary/aromatic N) is 1. The molecule has 0 aliphatic heterocycles. The first kappa shape index (κ1) is 16.7. The molecule has 5 heteroatoms. The third-order valence-corrected chi connectivity index (χ3v) is 3.12. The van der Waals surface area contributed by atoms with Crippen LogP contribution in [0, 0.1) is 17.2 Å². The monoisotopic (exact) mass is 288 g/mol. The molecule has 2 atom stereocenters. The van der Waals surface area contributed by atoms with Crippen molar-refractivity contribution in [3.63, 3.8) is 0 Å². The molecule has 1 rings (SSSR count). The molecule has 5 nitrogen and oxygen atoms in total. The summed E-state index contributed by atoms with van der Waals surface area (Å²) >= 11 is 0. The Morgan fingerprint density at radius 3 is 2.67 bits per heavy atom. The van der Waals surface area contributed by atoms with Gasteiger partial charge in [0.15, 0.2) is 6.61 Å². The van der Waals surface area contributed by atoms with Crippen molar-refractivity contribution in [3.8, 4) is 11.8 Å². The van der Waals surface area contributed by atoms with Gasteiger partial charge in [-0.05, 0) is 36.6 Å². The molecule has 1 aromatic carbocycles. The Kier molecular flexibility index (Phi) is 6.99. The van der Waals surface area contributed by atoms with Crippen LogP contribution in [0.2, 0.25) is 0 Å². The van der Waals surface area contributed by atoms with E-state index in [2.05, 4.69) is 5.32 Å². The molecule has 0 saturated heterocycles. The third kappa shape index (κ3) is 6.11. The molecule has 0 radical (unpaired) electrons. The van der Waals surface area contributed by atoms with Crippen molar-refractivity contribution >= 4 is 12.0 Å². The van der Waals surface area contributed by atoms with Crippen LogP contribution < -0.4 is 10.1 Å². The Bertz CT molecular complexity index is 517. The molecule has 0 fully saturated rings. The highest BCUT2D eigenvalue weighted by Gasteiger charge is 2.11. The first-order valence-corrected chi connectivity index (χ1v) is 6.76.